The van der Waals surface area contributed by atoms with Crippen LogP contribution < -0.4 is 0 Å². The van der Waals surface area contributed by atoms with Crippen molar-refractivity contribution in [3.63, 3.8) is 0 Å². The molecular weight excluding hydrogens is 339 g/mol. The molecule has 0 saturated carbocycles. The minimum absolute atomic E-state index is 0.00654. The summed E-state index contributed by atoms with van der Waals surface area (Å²) in [6.07, 6.45) is 1.43. The normalized spacial score (nSPS) is 25.0. The molecule has 7 heteroatoms. The minimum atomic E-state index is -0.00654. The number of fused-ring (bicyclic) bond motifs is 1. The third kappa shape index (κ3) is 3.29. The van der Waals surface area contributed by atoms with Gasteiger partial charge in [-0.05, 0) is 25.0 Å². The number of nitrogens with zero attached hydrogens (tertiary/aromatic N) is 2. The fourth-order valence-electron chi connectivity index (χ4n) is 3.66. The molecule has 2 aliphatic rings. The fourth-order valence-corrected chi connectivity index (χ4v) is 4.14. The highest BCUT2D eigenvalue weighted by molar-refractivity contribution is 6.42. The van der Waals surface area contributed by atoms with E-state index >= 15 is 0 Å². The van der Waals surface area contributed by atoms with Crippen molar-refractivity contribution in [1.82, 2.24) is 9.80 Å². The van der Waals surface area contributed by atoms with Gasteiger partial charge in [-0.15, -0.1) is 0 Å². The van der Waals surface area contributed by atoms with Gasteiger partial charge < -0.3 is 15.1 Å². The molecule has 2 aliphatic heterocycles. The third-order valence-corrected chi connectivity index (χ3v) is 5.53. The Kier molecular flexibility index (Phi) is 5.01. The van der Waals surface area contributed by atoms with Gasteiger partial charge in [-0.1, -0.05) is 23.2 Å². The first-order valence-electron chi connectivity index (χ1n) is 7.80. The first kappa shape index (κ1) is 16.8. The zero-order valence-electron chi connectivity index (χ0n) is 12.7. The maximum atomic E-state index is 12.4. The summed E-state index contributed by atoms with van der Waals surface area (Å²) in [4.78, 5) is 16.3. The lowest BCUT2D eigenvalue weighted by Crippen LogP contribution is -2.53. The van der Waals surface area contributed by atoms with Crippen molar-refractivity contribution in [2.45, 2.75) is 24.8 Å². The van der Waals surface area contributed by atoms with Crippen LogP contribution in [0.4, 0.5) is 0 Å². The first-order chi connectivity index (χ1) is 11.0. The van der Waals surface area contributed by atoms with Crippen molar-refractivity contribution in [2.75, 3.05) is 32.8 Å². The Morgan fingerprint density at radius 1 is 1.26 bits per heavy atom. The lowest BCUT2D eigenvalue weighted by atomic mass is 9.95. The zero-order valence-corrected chi connectivity index (χ0v) is 14.2. The number of benzene rings is 1. The van der Waals surface area contributed by atoms with Crippen LogP contribution in [0.15, 0.2) is 12.1 Å². The number of carbonyl (C=O) groups is 1. The van der Waals surface area contributed by atoms with Crippen molar-refractivity contribution in [3.8, 4) is 5.75 Å². The van der Waals surface area contributed by atoms with Gasteiger partial charge in [0, 0.05) is 43.8 Å². The largest absolute Gasteiger partial charge is 0.508 e. The quantitative estimate of drug-likeness (QED) is 0.864. The van der Waals surface area contributed by atoms with E-state index in [9.17, 15) is 9.90 Å². The second-order valence-electron chi connectivity index (χ2n) is 6.24. The molecule has 23 heavy (non-hydrogen) atoms. The maximum Gasteiger partial charge on any atom is 0.237 e. The molecule has 1 amide bonds. The molecule has 0 aromatic heterocycles. The molecule has 1 aromatic rings. The van der Waals surface area contributed by atoms with E-state index in [1.54, 1.807) is 12.1 Å². The van der Waals surface area contributed by atoms with E-state index in [0.717, 1.165) is 19.5 Å². The highest BCUT2D eigenvalue weighted by Gasteiger charge is 2.41. The number of hydrogen-bond acceptors (Lipinski definition) is 4. The van der Waals surface area contributed by atoms with E-state index in [0.29, 0.717) is 35.1 Å². The second kappa shape index (κ2) is 6.85. The van der Waals surface area contributed by atoms with Crippen molar-refractivity contribution < 1.29 is 15.0 Å². The molecule has 0 bridgehead atoms. The van der Waals surface area contributed by atoms with E-state index in [4.69, 9.17) is 28.3 Å². The highest BCUT2D eigenvalue weighted by atomic mass is 35.5. The summed E-state index contributed by atoms with van der Waals surface area (Å²) in [7, 11) is 0. The Morgan fingerprint density at radius 3 is 2.78 bits per heavy atom. The number of carbonyl (C=O) groups excluding carboxylic acids is 1. The number of aliphatic hydroxyl groups excluding tert-OH is 1. The van der Waals surface area contributed by atoms with Crippen LogP contribution in [0, 0.1) is 0 Å². The Balaban J connectivity index is 1.78. The van der Waals surface area contributed by atoms with E-state index < -0.39 is 0 Å². The van der Waals surface area contributed by atoms with Crippen LogP contribution in [-0.4, -0.2) is 64.7 Å². The molecule has 0 aliphatic carbocycles. The molecule has 2 unspecified atom stereocenters. The summed E-state index contributed by atoms with van der Waals surface area (Å²) >= 11 is 12.3. The van der Waals surface area contributed by atoms with Crippen molar-refractivity contribution in [3.05, 3.63) is 27.7 Å². The van der Waals surface area contributed by atoms with Gasteiger partial charge in [0.15, 0.2) is 0 Å². The summed E-state index contributed by atoms with van der Waals surface area (Å²) in [6, 6.07) is 3.25. The van der Waals surface area contributed by atoms with Gasteiger partial charge in [-0.2, -0.15) is 0 Å². The van der Waals surface area contributed by atoms with Crippen LogP contribution in [-0.2, 0) is 4.79 Å². The van der Waals surface area contributed by atoms with Crippen LogP contribution in [0.5, 0.6) is 5.75 Å². The number of rotatable bonds is 4. The van der Waals surface area contributed by atoms with Gasteiger partial charge in [0.1, 0.15) is 5.75 Å². The standard InChI is InChI=1S/C16H20Cl2N2O3/c17-12-2-3-13(22)15(16(12)18)10-6-11-8-19(4-1-5-21)9-14(23)20(11)7-10/h2-3,10-11,21-22H,1,4-9H2. The van der Waals surface area contributed by atoms with Crippen LogP contribution in [0.2, 0.25) is 10.0 Å². The number of aromatic hydroxyl groups is 1. The highest BCUT2D eigenvalue weighted by Crippen LogP contribution is 2.43. The topological polar surface area (TPSA) is 64.0 Å². The Morgan fingerprint density at radius 2 is 2.04 bits per heavy atom. The van der Waals surface area contributed by atoms with Gasteiger partial charge in [0.2, 0.25) is 5.91 Å². The Labute approximate surface area is 145 Å². The Bertz CT molecular complexity index is 611. The lowest BCUT2D eigenvalue weighted by Gasteiger charge is -2.36. The van der Waals surface area contributed by atoms with E-state index in [-0.39, 0.29) is 30.2 Å². The predicted molar refractivity (Wildman–Crippen MR) is 89.1 cm³/mol. The Hall–Kier alpha value is -1.01. The number of piperazine rings is 1. The van der Waals surface area contributed by atoms with Crippen molar-refractivity contribution >= 4 is 29.1 Å². The predicted octanol–water partition coefficient (Wildman–Crippen LogP) is 2.08. The van der Waals surface area contributed by atoms with Crippen molar-refractivity contribution in [1.29, 1.82) is 0 Å². The van der Waals surface area contributed by atoms with Gasteiger partial charge >= 0.3 is 0 Å². The first-order valence-corrected chi connectivity index (χ1v) is 8.56. The molecule has 2 fully saturated rings. The van der Waals surface area contributed by atoms with E-state index in [2.05, 4.69) is 4.90 Å². The number of amides is 1. The summed E-state index contributed by atoms with van der Waals surface area (Å²) in [5.41, 5.74) is 0.642. The monoisotopic (exact) mass is 358 g/mol. The minimum Gasteiger partial charge on any atom is -0.508 e. The molecule has 2 heterocycles. The van der Waals surface area contributed by atoms with Crippen LogP contribution in [0.25, 0.3) is 0 Å². The molecule has 126 valence electrons. The van der Waals surface area contributed by atoms with Crippen LogP contribution in [0.1, 0.15) is 24.3 Å². The van der Waals surface area contributed by atoms with Crippen LogP contribution in [0.3, 0.4) is 0 Å². The summed E-state index contributed by atoms with van der Waals surface area (Å²) in [6.45, 7) is 2.60. The second-order valence-corrected chi connectivity index (χ2v) is 7.02. The summed E-state index contributed by atoms with van der Waals surface area (Å²) in [5.74, 6) is 0.223. The average Bonchev–Trinajstić information content (AvgIpc) is 2.93. The summed E-state index contributed by atoms with van der Waals surface area (Å²) < 4.78 is 0. The number of aliphatic hydroxyl groups is 1. The molecule has 2 N–H and O–H groups in total. The molecule has 0 spiro atoms. The van der Waals surface area contributed by atoms with E-state index in [1.807, 2.05) is 4.90 Å². The maximum absolute atomic E-state index is 12.4. The molecule has 2 saturated heterocycles. The molecular formula is C16H20Cl2N2O3. The molecule has 3 rings (SSSR count). The number of hydrogen-bond donors (Lipinski definition) is 2. The van der Waals surface area contributed by atoms with Gasteiger partial charge in [0.25, 0.3) is 0 Å². The number of phenols is 1. The van der Waals surface area contributed by atoms with Crippen LogP contribution >= 0.6 is 23.2 Å². The lowest BCUT2D eigenvalue weighted by molar-refractivity contribution is -0.137. The van der Waals surface area contributed by atoms with E-state index in [1.165, 1.54) is 0 Å². The SMILES string of the molecule is O=C1CN(CCCO)CC2CC(c3c(O)ccc(Cl)c3Cl)CN12. The average molecular weight is 359 g/mol. The molecule has 1 aromatic carbocycles. The summed E-state index contributed by atoms with van der Waals surface area (Å²) in [5, 5.41) is 19.9. The smallest absolute Gasteiger partial charge is 0.237 e. The number of halogens is 2. The van der Waals surface area contributed by atoms with Crippen molar-refractivity contribution in [2.24, 2.45) is 0 Å². The number of phenolic OH excluding ortho intramolecular Hbond substituents is 1. The van der Waals surface area contributed by atoms with Gasteiger partial charge in [-0.25, -0.2) is 0 Å². The molecule has 5 nitrogen and oxygen atoms in total. The molecule has 0 radical (unpaired) electrons. The fraction of sp³-hybridized carbons (Fsp3) is 0.562. The van der Waals surface area contributed by atoms with Gasteiger partial charge in [-0.3, -0.25) is 9.69 Å². The third-order valence-electron chi connectivity index (χ3n) is 4.71. The van der Waals surface area contributed by atoms with Gasteiger partial charge in [0.05, 0.1) is 16.6 Å². The molecule has 2 atom stereocenters. The zero-order chi connectivity index (χ0) is 16.6.